The van der Waals surface area contributed by atoms with Crippen LogP contribution in [0.1, 0.15) is 40.5 Å². The van der Waals surface area contributed by atoms with Gasteiger partial charge in [-0.2, -0.15) is 0 Å². The van der Waals surface area contributed by atoms with Crippen molar-refractivity contribution in [2.75, 3.05) is 19.6 Å². The molecule has 18 heavy (non-hydrogen) atoms. The maximum absolute atomic E-state index is 11.6. The van der Waals surface area contributed by atoms with Gasteiger partial charge in [0.25, 0.3) is 0 Å². The minimum Gasteiger partial charge on any atom is -0.355 e. The molecule has 0 bridgehead atoms. The van der Waals surface area contributed by atoms with E-state index in [1.807, 2.05) is 27.7 Å². The monoisotopic (exact) mass is 257 g/mol. The fourth-order valence-corrected chi connectivity index (χ4v) is 1.38. The smallest absolute Gasteiger partial charge is 0.224 e. The van der Waals surface area contributed by atoms with E-state index < -0.39 is 0 Å². The summed E-state index contributed by atoms with van der Waals surface area (Å²) >= 11 is 0. The van der Waals surface area contributed by atoms with Gasteiger partial charge in [0.2, 0.25) is 11.8 Å². The number of rotatable bonds is 9. The van der Waals surface area contributed by atoms with Gasteiger partial charge in [0.15, 0.2) is 0 Å². The lowest BCUT2D eigenvalue weighted by Crippen LogP contribution is -2.38. The van der Waals surface area contributed by atoms with E-state index in [1.165, 1.54) is 0 Å². The van der Waals surface area contributed by atoms with Crippen LogP contribution in [0.25, 0.3) is 0 Å². The molecule has 0 aliphatic carbocycles. The number of carbonyl (C=O) groups is 2. The highest BCUT2D eigenvalue weighted by molar-refractivity contribution is 5.80. The van der Waals surface area contributed by atoms with Crippen LogP contribution in [0.15, 0.2) is 0 Å². The maximum Gasteiger partial charge on any atom is 0.224 e. The van der Waals surface area contributed by atoms with Gasteiger partial charge in [-0.05, 0) is 19.9 Å². The van der Waals surface area contributed by atoms with Gasteiger partial charge in [-0.15, -0.1) is 0 Å². The Labute approximate surface area is 110 Å². The van der Waals surface area contributed by atoms with Gasteiger partial charge in [-0.1, -0.05) is 20.8 Å². The van der Waals surface area contributed by atoms with Gasteiger partial charge < -0.3 is 16.0 Å². The van der Waals surface area contributed by atoms with E-state index in [9.17, 15) is 9.59 Å². The summed E-state index contributed by atoms with van der Waals surface area (Å²) in [6, 6.07) is 0.195. The summed E-state index contributed by atoms with van der Waals surface area (Å²) in [7, 11) is 0. The predicted molar refractivity (Wildman–Crippen MR) is 73.2 cm³/mol. The van der Waals surface area contributed by atoms with Crippen LogP contribution in [0.3, 0.4) is 0 Å². The molecule has 0 radical (unpaired) electrons. The molecule has 0 saturated carbocycles. The quantitative estimate of drug-likeness (QED) is 0.568. The molecule has 3 N–H and O–H groups in total. The first-order valence-corrected chi connectivity index (χ1v) is 6.79. The Bertz CT molecular complexity index is 257. The van der Waals surface area contributed by atoms with Crippen LogP contribution >= 0.6 is 0 Å². The molecule has 0 aliphatic rings. The van der Waals surface area contributed by atoms with Crippen LogP contribution in [0.4, 0.5) is 0 Å². The molecular weight excluding hydrogens is 230 g/mol. The Morgan fingerprint density at radius 1 is 1.17 bits per heavy atom. The molecular formula is C13H27N3O2. The highest BCUT2D eigenvalue weighted by Crippen LogP contribution is 1.93. The molecule has 2 amide bonds. The van der Waals surface area contributed by atoms with E-state index in [0.29, 0.717) is 19.5 Å². The van der Waals surface area contributed by atoms with Crippen LogP contribution < -0.4 is 16.0 Å². The minimum atomic E-state index is -0.0671. The lowest BCUT2D eigenvalue weighted by Gasteiger charge is -2.13. The summed E-state index contributed by atoms with van der Waals surface area (Å²) in [6.45, 7) is 9.79. The molecule has 0 aliphatic heterocycles. The molecule has 106 valence electrons. The molecule has 0 heterocycles. The molecule has 0 aromatic carbocycles. The van der Waals surface area contributed by atoms with Crippen molar-refractivity contribution in [3.63, 3.8) is 0 Å². The van der Waals surface area contributed by atoms with Gasteiger partial charge in [-0.3, -0.25) is 9.59 Å². The lowest BCUT2D eigenvalue weighted by molar-refractivity contribution is -0.124. The Morgan fingerprint density at radius 2 is 1.83 bits per heavy atom. The van der Waals surface area contributed by atoms with E-state index in [4.69, 9.17) is 0 Å². The van der Waals surface area contributed by atoms with Gasteiger partial charge in [-0.25, -0.2) is 0 Å². The molecule has 5 nitrogen and oxygen atoms in total. The van der Waals surface area contributed by atoms with Crippen LogP contribution in [-0.2, 0) is 9.59 Å². The standard InChI is InChI=1S/C13H27N3O2/c1-5-11(4)16-12(17)7-8-15-13(18)10(3)9-14-6-2/h10-11,14H,5-9H2,1-4H3,(H,15,18)(H,16,17). The first-order valence-electron chi connectivity index (χ1n) is 6.79. The Kier molecular flexibility index (Phi) is 9.28. The fraction of sp³-hybridized carbons (Fsp3) is 0.846. The van der Waals surface area contributed by atoms with Crippen LogP contribution in [0.2, 0.25) is 0 Å². The minimum absolute atomic E-state index is 0.00714. The summed E-state index contributed by atoms with van der Waals surface area (Å²) < 4.78 is 0. The van der Waals surface area contributed by atoms with Gasteiger partial charge in [0.05, 0.1) is 0 Å². The lowest BCUT2D eigenvalue weighted by atomic mass is 10.1. The highest BCUT2D eigenvalue weighted by Gasteiger charge is 2.12. The fourth-order valence-electron chi connectivity index (χ4n) is 1.38. The van der Waals surface area contributed by atoms with Crippen molar-refractivity contribution in [2.24, 2.45) is 5.92 Å². The molecule has 0 spiro atoms. The zero-order chi connectivity index (χ0) is 14.0. The number of hydrogen-bond donors (Lipinski definition) is 3. The average Bonchev–Trinajstić information content (AvgIpc) is 2.35. The second-order valence-corrected chi connectivity index (χ2v) is 4.63. The molecule has 0 saturated heterocycles. The van der Waals surface area contributed by atoms with Crippen LogP contribution in [0, 0.1) is 5.92 Å². The van der Waals surface area contributed by atoms with Crippen molar-refractivity contribution in [2.45, 2.75) is 46.6 Å². The second kappa shape index (κ2) is 9.88. The number of hydrogen-bond acceptors (Lipinski definition) is 3. The molecule has 5 heteroatoms. The zero-order valence-electron chi connectivity index (χ0n) is 12.0. The molecule has 2 atom stereocenters. The summed E-state index contributed by atoms with van der Waals surface area (Å²) in [5, 5.41) is 8.76. The third kappa shape index (κ3) is 8.06. The molecule has 0 aromatic rings. The van der Waals surface area contributed by atoms with E-state index in [2.05, 4.69) is 16.0 Å². The van der Waals surface area contributed by atoms with Crippen molar-refractivity contribution in [1.82, 2.24) is 16.0 Å². The number of carbonyl (C=O) groups excluding carboxylic acids is 2. The SMILES string of the molecule is CCNCC(C)C(=O)NCCC(=O)NC(C)CC. The highest BCUT2D eigenvalue weighted by atomic mass is 16.2. The number of nitrogens with one attached hydrogen (secondary N) is 3. The van der Waals surface area contributed by atoms with Gasteiger partial charge in [0.1, 0.15) is 0 Å². The van der Waals surface area contributed by atoms with E-state index in [-0.39, 0.29) is 23.8 Å². The van der Waals surface area contributed by atoms with Crippen LogP contribution in [0.5, 0.6) is 0 Å². The van der Waals surface area contributed by atoms with Crippen molar-refractivity contribution < 1.29 is 9.59 Å². The first-order chi connectivity index (χ1) is 8.51. The molecule has 0 aromatic heterocycles. The predicted octanol–water partition coefficient (Wildman–Crippen LogP) is 0.653. The third-order valence-corrected chi connectivity index (χ3v) is 2.82. The van der Waals surface area contributed by atoms with Gasteiger partial charge >= 0.3 is 0 Å². The summed E-state index contributed by atoms with van der Waals surface area (Å²) in [5.41, 5.74) is 0. The van der Waals surface area contributed by atoms with Gasteiger partial charge in [0, 0.05) is 31.5 Å². The van der Waals surface area contributed by atoms with Crippen LogP contribution in [-0.4, -0.2) is 37.5 Å². The topological polar surface area (TPSA) is 70.2 Å². The summed E-state index contributed by atoms with van der Waals surface area (Å²) in [6.07, 6.45) is 1.25. The number of amides is 2. The third-order valence-electron chi connectivity index (χ3n) is 2.82. The molecule has 0 rings (SSSR count). The largest absolute Gasteiger partial charge is 0.355 e. The van der Waals surface area contributed by atoms with E-state index in [0.717, 1.165) is 13.0 Å². The van der Waals surface area contributed by atoms with E-state index >= 15 is 0 Å². The normalized spacial score (nSPS) is 13.8. The molecule has 2 unspecified atom stereocenters. The van der Waals surface area contributed by atoms with Crippen molar-refractivity contribution in [1.29, 1.82) is 0 Å². The average molecular weight is 257 g/mol. The zero-order valence-corrected chi connectivity index (χ0v) is 12.0. The first kappa shape index (κ1) is 16.9. The second-order valence-electron chi connectivity index (χ2n) is 4.63. The van der Waals surface area contributed by atoms with E-state index in [1.54, 1.807) is 0 Å². The maximum atomic E-state index is 11.6. The summed E-state index contributed by atoms with van der Waals surface area (Å²) in [5.74, 6) is -0.0844. The Morgan fingerprint density at radius 3 is 2.39 bits per heavy atom. The van der Waals surface area contributed by atoms with Crippen molar-refractivity contribution in [3.8, 4) is 0 Å². The molecule has 0 fully saturated rings. The Balaban J connectivity index is 3.70. The van der Waals surface area contributed by atoms with Crippen molar-refractivity contribution in [3.05, 3.63) is 0 Å². The Hall–Kier alpha value is -1.10. The van der Waals surface area contributed by atoms with Crippen molar-refractivity contribution >= 4 is 11.8 Å². The summed E-state index contributed by atoms with van der Waals surface area (Å²) in [4.78, 5) is 23.1.